The zero-order chi connectivity index (χ0) is 18.5. The summed E-state index contributed by atoms with van der Waals surface area (Å²) in [5.74, 6) is 6.21. The number of hydrogen-bond donors (Lipinski definition) is 1. The molecule has 0 radical (unpaired) electrons. The van der Waals surface area contributed by atoms with Gasteiger partial charge in [0, 0.05) is 5.56 Å². The molecular weight excluding hydrogens is 353 g/mol. The van der Waals surface area contributed by atoms with Gasteiger partial charge in [-0.05, 0) is 49.2 Å². The molecule has 0 aliphatic heterocycles. The van der Waals surface area contributed by atoms with Crippen LogP contribution in [0.2, 0.25) is 5.02 Å². The number of hydrogen-bond acceptors (Lipinski definition) is 3. The quantitative estimate of drug-likeness (QED) is 0.693. The number of nitriles is 1. The summed E-state index contributed by atoms with van der Waals surface area (Å²) >= 11 is 6.05. The number of halogens is 2. The van der Waals surface area contributed by atoms with Gasteiger partial charge in [0.05, 0.1) is 17.2 Å². The van der Waals surface area contributed by atoms with Gasteiger partial charge in [-0.25, -0.2) is 9.37 Å². The molecule has 26 heavy (non-hydrogen) atoms. The average molecular weight is 366 g/mol. The minimum Gasteiger partial charge on any atom is -0.494 e. The van der Waals surface area contributed by atoms with Gasteiger partial charge in [-0.3, -0.25) is 0 Å². The molecule has 1 aromatic heterocycles. The highest BCUT2D eigenvalue weighted by Crippen LogP contribution is 2.29. The van der Waals surface area contributed by atoms with Crippen LogP contribution >= 0.6 is 11.6 Å². The molecule has 0 aliphatic rings. The number of nitrogens with one attached hydrogen (secondary N) is 1. The highest BCUT2D eigenvalue weighted by atomic mass is 35.5. The molecule has 128 valence electrons. The summed E-state index contributed by atoms with van der Waals surface area (Å²) in [6.07, 6.45) is 0. The molecule has 0 amide bonds. The first-order valence-corrected chi connectivity index (χ1v) is 8.19. The number of benzene rings is 2. The molecule has 4 nitrogen and oxygen atoms in total. The summed E-state index contributed by atoms with van der Waals surface area (Å²) in [6.45, 7) is 2.50. The summed E-state index contributed by atoms with van der Waals surface area (Å²) in [5.41, 5.74) is 1.24. The number of aromatic nitrogens is 2. The first-order valence-electron chi connectivity index (χ1n) is 7.81. The van der Waals surface area contributed by atoms with Gasteiger partial charge in [0.1, 0.15) is 29.2 Å². The van der Waals surface area contributed by atoms with Crippen LogP contribution in [0.15, 0.2) is 42.5 Å². The van der Waals surface area contributed by atoms with Crippen molar-refractivity contribution in [1.82, 2.24) is 9.97 Å². The largest absolute Gasteiger partial charge is 0.494 e. The molecule has 0 fully saturated rings. The van der Waals surface area contributed by atoms with Crippen LogP contribution in [0.5, 0.6) is 5.75 Å². The van der Waals surface area contributed by atoms with E-state index in [-0.39, 0.29) is 22.1 Å². The van der Waals surface area contributed by atoms with E-state index in [1.54, 1.807) is 6.07 Å². The molecule has 0 unspecified atom stereocenters. The van der Waals surface area contributed by atoms with Gasteiger partial charge < -0.3 is 9.72 Å². The average Bonchev–Trinajstić information content (AvgIpc) is 3.04. The van der Waals surface area contributed by atoms with Crippen molar-refractivity contribution < 1.29 is 9.13 Å². The molecular formula is C20H13ClFN3O. The first-order chi connectivity index (χ1) is 12.6. The number of ether oxygens (including phenoxy) is 1. The molecule has 1 N–H and O–H groups in total. The lowest BCUT2D eigenvalue weighted by atomic mass is 10.2. The number of imidazole rings is 1. The SMILES string of the molecule is CCOc1ccc(C#Cc2[nH]c(-c3c(F)cccc3Cl)nc2C#N)cc1. The highest BCUT2D eigenvalue weighted by Gasteiger charge is 2.16. The fraction of sp³-hybridized carbons (Fsp3) is 0.100. The van der Waals surface area contributed by atoms with Crippen LogP contribution in [0, 0.1) is 29.0 Å². The lowest BCUT2D eigenvalue weighted by molar-refractivity contribution is 0.340. The van der Waals surface area contributed by atoms with Gasteiger partial charge in [0.25, 0.3) is 0 Å². The molecule has 3 rings (SSSR count). The molecule has 1 heterocycles. The Morgan fingerprint density at radius 2 is 1.96 bits per heavy atom. The Labute approximate surface area is 155 Å². The molecule has 0 saturated carbocycles. The van der Waals surface area contributed by atoms with Crippen molar-refractivity contribution in [2.45, 2.75) is 6.92 Å². The number of aromatic amines is 1. The van der Waals surface area contributed by atoms with Gasteiger partial charge in [0.15, 0.2) is 5.69 Å². The third-order valence-corrected chi connectivity index (χ3v) is 3.82. The minimum atomic E-state index is -0.526. The summed E-state index contributed by atoms with van der Waals surface area (Å²) in [7, 11) is 0. The maximum Gasteiger partial charge on any atom is 0.175 e. The van der Waals surface area contributed by atoms with E-state index >= 15 is 0 Å². The molecule has 0 atom stereocenters. The summed E-state index contributed by atoms with van der Waals surface area (Å²) in [5, 5.41) is 9.47. The van der Waals surface area contributed by atoms with Gasteiger partial charge in [-0.2, -0.15) is 5.26 Å². The monoisotopic (exact) mass is 365 g/mol. The zero-order valence-electron chi connectivity index (χ0n) is 13.8. The second kappa shape index (κ2) is 7.74. The van der Waals surface area contributed by atoms with Crippen molar-refractivity contribution in [3.8, 4) is 35.0 Å². The Balaban J connectivity index is 1.95. The topological polar surface area (TPSA) is 61.7 Å². The third-order valence-electron chi connectivity index (χ3n) is 3.51. The van der Waals surface area contributed by atoms with Crippen LogP contribution in [0.25, 0.3) is 11.4 Å². The Morgan fingerprint density at radius 1 is 1.19 bits per heavy atom. The van der Waals surface area contributed by atoms with E-state index in [0.717, 1.165) is 11.3 Å². The third kappa shape index (κ3) is 3.69. The molecule has 2 aromatic carbocycles. The Morgan fingerprint density at radius 3 is 2.62 bits per heavy atom. The van der Waals surface area contributed by atoms with Crippen LogP contribution in [-0.4, -0.2) is 16.6 Å². The predicted molar refractivity (Wildman–Crippen MR) is 97.3 cm³/mol. The molecule has 0 bridgehead atoms. The van der Waals surface area contributed by atoms with Gasteiger partial charge in [-0.1, -0.05) is 23.6 Å². The van der Waals surface area contributed by atoms with Crippen LogP contribution in [-0.2, 0) is 0 Å². The van der Waals surface area contributed by atoms with Crippen molar-refractivity contribution >= 4 is 11.6 Å². The van der Waals surface area contributed by atoms with E-state index in [0.29, 0.717) is 12.3 Å². The second-order valence-electron chi connectivity index (χ2n) is 5.22. The number of H-pyrrole nitrogens is 1. The van der Waals surface area contributed by atoms with Crippen LogP contribution < -0.4 is 4.74 Å². The van der Waals surface area contributed by atoms with E-state index in [2.05, 4.69) is 21.8 Å². The molecule has 3 aromatic rings. The van der Waals surface area contributed by atoms with E-state index in [9.17, 15) is 9.65 Å². The summed E-state index contributed by atoms with van der Waals surface area (Å²) in [4.78, 5) is 6.98. The smallest absolute Gasteiger partial charge is 0.175 e. The molecule has 0 saturated heterocycles. The maximum atomic E-state index is 14.1. The number of rotatable bonds is 3. The normalized spacial score (nSPS) is 9.92. The lowest BCUT2D eigenvalue weighted by Gasteiger charge is -2.01. The van der Waals surface area contributed by atoms with Crippen molar-refractivity contribution in [2.75, 3.05) is 6.61 Å². The van der Waals surface area contributed by atoms with E-state index in [1.807, 2.05) is 37.3 Å². The fourth-order valence-electron chi connectivity index (χ4n) is 2.32. The van der Waals surface area contributed by atoms with Crippen LogP contribution in [0.1, 0.15) is 23.9 Å². The van der Waals surface area contributed by atoms with Gasteiger partial charge in [-0.15, -0.1) is 0 Å². The van der Waals surface area contributed by atoms with E-state index in [4.69, 9.17) is 16.3 Å². The van der Waals surface area contributed by atoms with Crippen molar-refractivity contribution in [3.05, 3.63) is 70.3 Å². The van der Waals surface area contributed by atoms with Crippen molar-refractivity contribution in [1.29, 1.82) is 5.26 Å². The Bertz CT molecular complexity index is 1020. The van der Waals surface area contributed by atoms with Gasteiger partial charge >= 0.3 is 0 Å². The lowest BCUT2D eigenvalue weighted by Crippen LogP contribution is -1.90. The Kier molecular flexibility index (Phi) is 5.22. The van der Waals surface area contributed by atoms with E-state index < -0.39 is 5.82 Å². The van der Waals surface area contributed by atoms with Crippen LogP contribution in [0.4, 0.5) is 4.39 Å². The number of nitrogens with zero attached hydrogens (tertiary/aromatic N) is 2. The molecule has 0 spiro atoms. The fourth-order valence-corrected chi connectivity index (χ4v) is 2.58. The molecule has 0 aliphatic carbocycles. The maximum absolute atomic E-state index is 14.1. The minimum absolute atomic E-state index is 0.0813. The summed E-state index contributed by atoms with van der Waals surface area (Å²) < 4.78 is 19.4. The van der Waals surface area contributed by atoms with Crippen molar-refractivity contribution in [2.24, 2.45) is 0 Å². The van der Waals surface area contributed by atoms with Crippen LogP contribution in [0.3, 0.4) is 0 Å². The zero-order valence-corrected chi connectivity index (χ0v) is 14.6. The summed E-state index contributed by atoms with van der Waals surface area (Å²) in [6, 6.07) is 13.6. The first kappa shape index (κ1) is 17.5. The Hall–Kier alpha value is -3.28. The van der Waals surface area contributed by atoms with Crippen molar-refractivity contribution in [3.63, 3.8) is 0 Å². The second-order valence-corrected chi connectivity index (χ2v) is 5.63. The highest BCUT2D eigenvalue weighted by molar-refractivity contribution is 6.33. The van der Waals surface area contributed by atoms with Gasteiger partial charge in [0.2, 0.25) is 0 Å². The standard InChI is InChI=1S/C20H13ClFN3O/c1-2-26-14-9-6-13(7-10-14)8-11-17-18(12-23)25-20(24-17)19-15(21)4-3-5-16(19)22/h3-7,9-10H,2H2,1H3,(H,24,25). The van der Waals surface area contributed by atoms with E-state index in [1.165, 1.54) is 12.1 Å². The molecule has 6 heteroatoms. The predicted octanol–water partition coefficient (Wildman–Crippen LogP) is 4.54.